The van der Waals surface area contributed by atoms with Crippen LogP contribution in [0.4, 0.5) is 5.69 Å². The number of carbonyl (C=O) groups excluding carboxylic acids is 2. The second-order valence-corrected chi connectivity index (χ2v) is 9.07. The molecule has 2 heterocycles. The fourth-order valence-corrected chi connectivity index (χ4v) is 4.59. The zero-order valence-electron chi connectivity index (χ0n) is 16.7. The van der Waals surface area contributed by atoms with E-state index in [4.69, 9.17) is 21.1 Å². The van der Waals surface area contributed by atoms with E-state index in [1.165, 1.54) is 11.8 Å². The van der Waals surface area contributed by atoms with Crippen molar-refractivity contribution in [1.29, 1.82) is 0 Å². The third kappa shape index (κ3) is 5.17. The molecule has 2 amide bonds. The Hall–Kier alpha value is -2.03. The SMILES string of the molecule is COc1ccc(Cl)c(N=C2SC(CC(=O)NC3CC3)C(=O)N2CC2=CCCOC2)c1. The highest BCUT2D eigenvalue weighted by Gasteiger charge is 2.40. The lowest BCUT2D eigenvalue weighted by Gasteiger charge is -2.21. The largest absolute Gasteiger partial charge is 0.497 e. The monoisotopic (exact) mass is 449 g/mol. The molecule has 1 unspecified atom stereocenters. The maximum atomic E-state index is 13.1. The van der Waals surface area contributed by atoms with Crippen LogP contribution in [-0.2, 0) is 14.3 Å². The summed E-state index contributed by atoms with van der Waals surface area (Å²) in [5.41, 5.74) is 1.55. The number of ether oxygens (including phenoxy) is 2. The van der Waals surface area contributed by atoms with E-state index in [2.05, 4.69) is 16.4 Å². The van der Waals surface area contributed by atoms with Crippen LogP contribution >= 0.6 is 23.4 Å². The van der Waals surface area contributed by atoms with Gasteiger partial charge in [0.05, 0.1) is 37.6 Å². The van der Waals surface area contributed by atoms with Crippen LogP contribution in [0.15, 0.2) is 34.8 Å². The summed E-state index contributed by atoms with van der Waals surface area (Å²) in [6, 6.07) is 5.47. The van der Waals surface area contributed by atoms with Gasteiger partial charge in [0, 0.05) is 18.5 Å². The molecule has 3 aliphatic rings. The van der Waals surface area contributed by atoms with Crippen molar-refractivity contribution >= 4 is 46.0 Å². The molecule has 0 radical (unpaired) electrons. The van der Waals surface area contributed by atoms with Crippen molar-refractivity contribution < 1.29 is 19.1 Å². The van der Waals surface area contributed by atoms with Crippen molar-refractivity contribution in [2.24, 2.45) is 4.99 Å². The van der Waals surface area contributed by atoms with Crippen molar-refractivity contribution in [2.75, 3.05) is 26.9 Å². The second-order valence-electron chi connectivity index (χ2n) is 7.49. The average molecular weight is 450 g/mol. The van der Waals surface area contributed by atoms with E-state index >= 15 is 0 Å². The van der Waals surface area contributed by atoms with Crippen LogP contribution in [0, 0.1) is 0 Å². The van der Waals surface area contributed by atoms with E-state index in [9.17, 15) is 9.59 Å². The number of benzene rings is 1. The molecule has 2 fully saturated rings. The molecular weight excluding hydrogens is 426 g/mol. The highest BCUT2D eigenvalue weighted by Crippen LogP contribution is 2.36. The highest BCUT2D eigenvalue weighted by atomic mass is 35.5. The molecule has 1 saturated carbocycles. The predicted molar refractivity (Wildman–Crippen MR) is 117 cm³/mol. The topological polar surface area (TPSA) is 80.2 Å². The third-order valence-electron chi connectivity index (χ3n) is 5.05. The number of carbonyl (C=O) groups is 2. The van der Waals surface area contributed by atoms with E-state index in [0.717, 1.165) is 24.8 Å². The molecule has 1 N–H and O–H groups in total. The molecule has 1 aromatic rings. The number of hydrogen-bond donors (Lipinski definition) is 1. The third-order valence-corrected chi connectivity index (χ3v) is 6.54. The maximum Gasteiger partial charge on any atom is 0.242 e. The van der Waals surface area contributed by atoms with Crippen LogP contribution in [0.2, 0.25) is 5.02 Å². The van der Waals surface area contributed by atoms with E-state index in [1.807, 2.05) is 0 Å². The molecule has 0 aromatic heterocycles. The first-order valence-corrected chi connectivity index (χ1v) is 11.2. The van der Waals surface area contributed by atoms with Crippen molar-refractivity contribution in [3.8, 4) is 5.75 Å². The molecule has 1 saturated heterocycles. The van der Waals surface area contributed by atoms with Gasteiger partial charge in [0.15, 0.2) is 5.17 Å². The molecule has 0 bridgehead atoms. The summed E-state index contributed by atoms with van der Waals surface area (Å²) in [6.45, 7) is 1.58. The molecule has 1 atom stereocenters. The molecule has 9 heteroatoms. The van der Waals surface area contributed by atoms with Gasteiger partial charge >= 0.3 is 0 Å². The van der Waals surface area contributed by atoms with Gasteiger partial charge in [0.25, 0.3) is 0 Å². The molecule has 1 aromatic carbocycles. The minimum atomic E-state index is -0.503. The smallest absolute Gasteiger partial charge is 0.242 e. The Kier molecular flexibility index (Phi) is 6.65. The molecule has 7 nitrogen and oxygen atoms in total. The first-order valence-electron chi connectivity index (χ1n) is 9.99. The van der Waals surface area contributed by atoms with Crippen molar-refractivity contribution in [3.63, 3.8) is 0 Å². The zero-order chi connectivity index (χ0) is 21.1. The van der Waals surface area contributed by atoms with Crippen molar-refractivity contribution in [3.05, 3.63) is 34.9 Å². The first kappa shape index (κ1) is 21.2. The zero-order valence-corrected chi connectivity index (χ0v) is 18.3. The summed E-state index contributed by atoms with van der Waals surface area (Å²) >= 11 is 7.63. The second kappa shape index (κ2) is 9.41. The minimum Gasteiger partial charge on any atom is -0.497 e. The van der Waals surface area contributed by atoms with Crippen molar-refractivity contribution in [2.45, 2.75) is 37.0 Å². The number of nitrogens with zero attached hydrogens (tertiary/aromatic N) is 2. The summed E-state index contributed by atoms with van der Waals surface area (Å²) in [7, 11) is 1.57. The lowest BCUT2D eigenvalue weighted by Crippen LogP contribution is -2.37. The molecule has 1 aliphatic carbocycles. The Bertz CT molecular complexity index is 900. The van der Waals surface area contributed by atoms with E-state index in [0.29, 0.717) is 41.4 Å². The van der Waals surface area contributed by atoms with Gasteiger partial charge < -0.3 is 14.8 Å². The summed E-state index contributed by atoms with van der Waals surface area (Å²) < 4.78 is 10.8. The Morgan fingerprint density at radius 1 is 1.43 bits per heavy atom. The molecule has 160 valence electrons. The number of halogens is 1. The number of thioether (sulfide) groups is 1. The number of hydrogen-bond acceptors (Lipinski definition) is 6. The average Bonchev–Trinajstić information content (AvgIpc) is 3.51. The first-order chi connectivity index (χ1) is 14.5. The molecule has 2 aliphatic heterocycles. The molecular formula is C21H24ClN3O4S. The number of aliphatic imine (C=N–C) groups is 1. The van der Waals surface area contributed by atoms with E-state index < -0.39 is 5.25 Å². The number of methoxy groups -OCH3 is 1. The van der Waals surface area contributed by atoms with Crippen molar-refractivity contribution in [1.82, 2.24) is 10.2 Å². The number of rotatable bonds is 7. The molecule has 30 heavy (non-hydrogen) atoms. The molecule has 0 spiro atoms. The standard InChI is InChI=1S/C21H24ClN3O4S/c1-28-15-6-7-16(22)17(9-15)24-21-25(11-13-3-2-8-29-12-13)20(27)18(30-21)10-19(26)23-14-4-5-14/h3,6-7,9,14,18H,2,4-5,8,10-12H2,1H3,(H,23,26). The fourth-order valence-electron chi connectivity index (χ4n) is 3.28. The Labute approximate surface area is 184 Å². The van der Waals surface area contributed by atoms with Gasteiger partial charge in [-0.1, -0.05) is 29.4 Å². The van der Waals surface area contributed by atoms with Gasteiger partial charge in [-0.15, -0.1) is 0 Å². The predicted octanol–water partition coefficient (Wildman–Crippen LogP) is 3.30. The van der Waals surface area contributed by atoms with E-state index in [-0.39, 0.29) is 24.3 Å². The van der Waals surface area contributed by atoms with Crippen LogP contribution in [0.5, 0.6) is 5.75 Å². The highest BCUT2D eigenvalue weighted by molar-refractivity contribution is 8.15. The van der Waals surface area contributed by atoms with Gasteiger partial charge in [-0.3, -0.25) is 14.5 Å². The van der Waals surface area contributed by atoms with Crippen LogP contribution in [0.1, 0.15) is 25.7 Å². The lowest BCUT2D eigenvalue weighted by molar-refractivity contribution is -0.129. The van der Waals surface area contributed by atoms with Crippen LogP contribution in [0.25, 0.3) is 0 Å². The number of nitrogens with one attached hydrogen (secondary N) is 1. The quantitative estimate of drug-likeness (QED) is 0.646. The Balaban J connectivity index is 1.58. The minimum absolute atomic E-state index is 0.0934. The Morgan fingerprint density at radius 2 is 2.27 bits per heavy atom. The van der Waals surface area contributed by atoms with Crippen LogP contribution in [0.3, 0.4) is 0 Å². The summed E-state index contributed by atoms with van der Waals surface area (Å²) in [6.07, 6.45) is 5.09. The van der Waals surface area contributed by atoms with Gasteiger partial charge in [0.2, 0.25) is 11.8 Å². The van der Waals surface area contributed by atoms with E-state index in [1.54, 1.807) is 30.2 Å². The lowest BCUT2D eigenvalue weighted by atomic mass is 10.1. The van der Waals surface area contributed by atoms with Gasteiger partial charge in [-0.25, -0.2) is 4.99 Å². The summed E-state index contributed by atoms with van der Waals surface area (Å²) in [5, 5.41) is 3.45. The van der Waals surface area contributed by atoms with Crippen LogP contribution in [-0.4, -0.2) is 60.0 Å². The fraction of sp³-hybridized carbons (Fsp3) is 0.476. The van der Waals surface area contributed by atoms with Gasteiger partial charge in [-0.05, 0) is 37.0 Å². The number of amides is 2. The summed E-state index contributed by atoms with van der Waals surface area (Å²) in [5.74, 6) is 0.419. The number of amidine groups is 1. The normalized spacial score (nSPS) is 22.9. The van der Waals surface area contributed by atoms with Crippen LogP contribution < -0.4 is 10.1 Å². The van der Waals surface area contributed by atoms with Gasteiger partial charge in [0.1, 0.15) is 11.0 Å². The molecule has 4 rings (SSSR count). The Morgan fingerprint density at radius 3 is 2.97 bits per heavy atom. The van der Waals surface area contributed by atoms with Gasteiger partial charge in [-0.2, -0.15) is 0 Å². The maximum absolute atomic E-state index is 13.1. The summed E-state index contributed by atoms with van der Waals surface area (Å²) in [4.78, 5) is 31.7.